The van der Waals surface area contributed by atoms with Crippen molar-refractivity contribution < 1.29 is 13.9 Å². The van der Waals surface area contributed by atoms with Crippen molar-refractivity contribution >= 4 is 22.9 Å². The van der Waals surface area contributed by atoms with Crippen molar-refractivity contribution in [3.05, 3.63) is 53.7 Å². The highest BCUT2D eigenvalue weighted by Gasteiger charge is 2.21. The van der Waals surface area contributed by atoms with Crippen LogP contribution in [0.2, 0.25) is 0 Å². The van der Waals surface area contributed by atoms with Crippen LogP contribution >= 0.6 is 0 Å². The van der Waals surface area contributed by atoms with Crippen LogP contribution in [0.25, 0.3) is 5.65 Å². The molecule has 0 unspecified atom stereocenters. The number of carbonyl (C=O) groups is 1. The molecular weight excluding hydrogens is 397 g/mol. The molecule has 0 saturated carbocycles. The highest BCUT2D eigenvalue weighted by Crippen LogP contribution is 2.27. The molecule has 7 nitrogen and oxygen atoms in total. The first-order valence-corrected chi connectivity index (χ1v) is 10.6. The minimum Gasteiger partial charge on any atom is -0.496 e. The standard InChI is InChI=1S/C23H28FN5O2/c1-4-25-16-7-9-28(10-8-16)17-5-6-20(19(24)11-17)27-23(30)18-14-29-13-15(2)26-22(29)12-21(18)31-3/h5-6,11-14,16,25H,4,7-10H2,1-3H3,(H,27,30). The Kier molecular flexibility index (Phi) is 6.08. The summed E-state index contributed by atoms with van der Waals surface area (Å²) in [5.41, 5.74) is 2.79. The molecule has 0 spiro atoms. The summed E-state index contributed by atoms with van der Waals surface area (Å²) in [6.45, 7) is 6.71. The van der Waals surface area contributed by atoms with Crippen LogP contribution in [0, 0.1) is 12.7 Å². The monoisotopic (exact) mass is 425 g/mol. The minimum absolute atomic E-state index is 0.139. The lowest BCUT2D eigenvalue weighted by atomic mass is 10.0. The zero-order valence-corrected chi connectivity index (χ0v) is 18.1. The van der Waals surface area contributed by atoms with Crippen LogP contribution < -0.4 is 20.3 Å². The highest BCUT2D eigenvalue weighted by molar-refractivity contribution is 6.06. The highest BCUT2D eigenvalue weighted by atomic mass is 19.1. The number of fused-ring (bicyclic) bond motifs is 1. The number of anilines is 2. The van der Waals surface area contributed by atoms with Crippen LogP contribution in [0.5, 0.6) is 5.75 Å². The second kappa shape index (κ2) is 8.93. The van der Waals surface area contributed by atoms with Crippen LogP contribution in [0.15, 0.2) is 36.7 Å². The lowest BCUT2D eigenvalue weighted by molar-refractivity contribution is 0.102. The molecule has 1 aliphatic rings. The average Bonchev–Trinajstić information content (AvgIpc) is 3.13. The van der Waals surface area contributed by atoms with Gasteiger partial charge < -0.3 is 24.7 Å². The van der Waals surface area contributed by atoms with Crippen molar-refractivity contribution in [1.82, 2.24) is 14.7 Å². The lowest BCUT2D eigenvalue weighted by Crippen LogP contribution is -2.42. The van der Waals surface area contributed by atoms with Crippen molar-refractivity contribution in [1.29, 1.82) is 0 Å². The Bertz CT molecular complexity index is 1090. The largest absolute Gasteiger partial charge is 0.496 e. The van der Waals surface area contributed by atoms with Gasteiger partial charge in [-0.1, -0.05) is 6.92 Å². The SMILES string of the molecule is CCNC1CCN(c2ccc(NC(=O)c3cn4cc(C)nc4cc3OC)c(F)c2)CC1. The maximum Gasteiger partial charge on any atom is 0.261 e. The number of methoxy groups -OCH3 is 1. The van der Waals surface area contributed by atoms with Gasteiger partial charge in [-0.3, -0.25) is 4.79 Å². The second-order valence-electron chi connectivity index (χ2n) is 7.84. The van der Waals surface area contributed by atoms with Gasteiger partial charge in [0, 0.05) is 43.3 Å². The molecule has 1 saturated heterocycles. The summed E-state index contributed by atoms with van der Waals surface area (Å²) in [7, 11) is 1.49. The molecule has 164 valence electrons. The number of hydrogen-bond donors (Lipinski definition) is 2. The Morgan fingerprint density at radius 2 is 2.03 bits per heavy atom. The summed E-state index contributed by atoms with van der Waals surface area (Å²) in [5, 5.41) is 6.14. The predicted octanol–water partition coefficient (Wildman–Crippen LogP) is 3.62. The third kappa shape index (κ3) is 4.49. The van der Waals surface area contributed by atoms with Gasteiger partial charge in [0.05, 0.1) is 24.1 Å². The van der Waals surface area contributed by atoms with Gasteiger partial charge in [-0.15, -0.1) is 0 Å². The van der Waals surface area contributed by atoms with Gasteiger partial charge in [0.25, 0.3) is 5.91 Å². The number of aromatic nitrogens is 2. The van der Waals surface area contributed by atoms with Crippen LogP contribution in [0.3, 0.4) is 0 Å². The van der Waals surface area contributed by atoms with Gasteiger partial charge in [-0.2, -0.15) is 0 Å². The summed E-state index contributed by atoms with van der Waals surface area (Å²) in [6.07, 6.45) is 5.53. The van der Waals surface area contributed by atoms with E-state index < -0.39 is 11.7 Å². The number of rotatable bonds is 6. The van der Waals surface area contributed by atoms with Crippen molar-refractivity contribution in [2.45, 2.75) is 32.7 Å². The van der Waals surface area contributed by atoms with Crippen molar-refractivity contribution in [2.24, 2.45) is 0 Å². The molecule has 2 N–H and O–H groups in total. The molecule has 1 aromatic carbocycles. The van der Waals surface area contributed by atoms with Gasteiger partial charge in [-0.05, 0) is 44.5 Å². The fourth-order valence-corrected chi connectivity index (χ4v) is 4.10. The summed E-state index contributed by atoms with van der Waals surface area (Å²) < 4.78 is 21.9. The van der Waals surface area contributed by atoms with E-state index in [2.05, 4.69) is 27.4 Å². The molecule has 0 atom stereocenters. The van der Waals surface area contributed by atoms with Gasteiger partial charge in [0.15, 0.2) is 0 Å². The molecule has 4 rings (SSSR count). The summed E-state index contributed by atoms with van der Waals surface area (Å²) in [4.78, 5) is 19.4. The first kappa shape index (κ1) is 21.1. The van der Waals surface area contributed by atoms with Gasteiger partial charge in [0.1, 0.15) is 17.2 Å². The van der Waals surface area contributed by atoms with Crippen LogP contribution in [0.1, 0.15) is 35.8 Å². The number of nitrogens with one attached hydrogen (secondary N) is 2. The molecule has 2 aromatic heterocycles. The molecule has 1 fully saturated rings. The van der Waals surface area contributed by atoms with Gasteiger partial charge in [0.2, 0.25) is 0 Å². The number of imidazole rings is 1. The first-order valence-electron chi connectivity index (χ1n) is 10.6. The number of nitrogens with zero attached hydrogens (tertiary/aromatic N) is 3. The van der Waals surface area contributed by atoms with E-state index in [0.29, 0.717) is 23.0 Å². The molecular formula is C23H28FN5O2. The van der Waals surface area contributed by atoms with Crippen LogP contribution in [-0.4, -0.2) is 48.1 Å². The third-order valence-electron chi connectivity index (χ3n) is 5.69. The van der Waals surface area contributed by atoms with E-state index in [4.69, 9.17) is 4.74 Å². The van der Waals surface area contributed by atoms with Crippen LogP contribution in [-0.2, 0) is 0 Å². The number of aryl methyl sites for hydroxylation is 1. The fourth-order valence-electron chi connectivity index (χ4n) is 4.10. The van der Waals surface area contributed by atoms with Crippen molar-refractivity contribution in [3.8, 4) is 5.75 Å². The smallest absolute Gasteiger partial charge is 0.261 e. The molecule has 1 aliphatic heterocycles. The number of halogens is 1. The number of carbonyl (C=O) groups excluding carboxylic acids is 1. The Morgan fingerprint density at radius 3 is 2.71 bits per heavy atom. The quantitative estimate of drug-likeness (QED) is 0.631. The average molecular weight is 426 g/mol. The van der Waals surface area contributed by atoms with E-state index in [1.165, 1.54) is 13.2 Å². The molecule has 31 heavy (non-hydrogen) atoms. The van der Waals surface area contributed by atoms with Crippen molar-refractivity contribution in [3.63, 3.8) is 0 Å². The molecule has 8 heteroatoms. The lowest BCUT2D eigenvalue weighted by Gasteiger charge is -2.34. The minimum atomic E-state index is -0.460. The number of piperidine rings is 1. The number of hydrogen-bond acceptors (Lipinski definition) is 5. The van der Waals surface area contributed by atoms with E-state index in [-0.39, 0.29) is 5.69 Å². The number of amides is 1. The van der Waals surface area contributed by atoms with E-state index >= 15 is 0 Å². The van der Waals surface area contributed by atoms with E-state index in [0.717, 1.165) is 43.9 Å². The summed E-state index contributed by atoms with van der Waals surface area (Å²) in [6, 6.07) is 7.18. The molecule has 3 heterocycles. The maximum atomic E-state index is 14.8. The molecule has 3 aromatic rings. The molecule has 0 radical (unpaired) electrons. The van der Waals surface area contributed by atoms with Crippen molar-refractivity contribution in [2.75, 3.05) is 37.0 Å². The normalized spacial score (nSPS) is 14.8. The Hall–Kier alpha value is -3.13. The predicted molar refractivity (Wildman–Crippen MR) is 120 cm³/mol. The topological polar surface area (TPSA) is 70.9 Å². The van der Waals surface area contributed by atoms with Crippen LogP contribution in [0.4, 0.5) is 15.8 Å². The van der Waals surface area contributed by atoms with E-state index in [1.807, 2.05) is 19.2 Å². The van der Waals surface area contributed by atoms with Gasteiger partial charge in [-0.25, -0.2) is 9.37 Å². The molecule has 1 amide bonds. The Labute approximate surface area is 181 Å². The number of ether oxygens (including phenoxy) is 1. The second-order valence-corrected chi connectivity index (χ2v) is 7.84. The Balaban J connectivity index is 1.50. The zero-order valence-electron chi connectivity index (χ0n) is 18.1. The van der Waals surface area contributed by atoms with E-state index in [9.17, 15) is 9.18 Å². The summed E-state index contributed by atoms with van der Waals surface area (Å²) in [5.74, 6) is -0.516. The van der Waals surface area contributed by atoms with E-state index in [1.54, 1.807) is 22.7 Å². The first-order chi connectivity index (χ1) is 15.0. The van der Waals surface area contributed by atoms with Gasteiger partial charge >= 0.3 is 0 Å². The third-order valence-corrected chi connectivity index (χ3v) is 5.69. The maximum absolute atomic E-state index is 14.8. The zero-order chi connectivity index (χ0) is 22.0. The molecule has 0 aliphatic carbocycles. The number of benzene rings is 1. The molecule has 0 bridgehead atoms. The fraction of sp³-hybridized carbons (Fsp3) is 0.391. The Morgan fingerprint density at radius 1 is 1.26 bits per heavy atom. The summed E-state index contributed by atoms with van der Waals surface area (Å²) >= 11 is 0. The number of pyridine rings is 1.